The normalized spacial score (nSPS) is 13.9. The van der Waals surface area contributed by atoms with Gasteiger partial charge in [0.15, 0.2) is 0 Å². The summed E-state index contributed by atoms with van der Waals surface area (Å²) in [7, 11) is 0. The number of ether oxygens (including phenoxy) is 1. The van der Waals surface area contributed by atoms with Gasteiger partial charge in [0, 0.05) is 6.54 Å². The van der Waals surface area contributed by atoms with Gasteiger partial charge in [-0.3, -0.25) is 4.79 Å². The lowest BCUT2D eigenvalue weighted by atomic mass is 9.92. The van der Waals surface area contributed by atoms with E-state index in [1.54, 1.807) is 6.92 Å². The lowest BCUT2D eigenvalue weighted by molar-refractivity contribution is -0.123. The Kier molecular flexibility index (Phi) is 6.02. The van der Waals surface area contributed by atoms with Crippen molar-refractivity contribution in [3.63, 3.8) is 0 Å². The van der Waals surface area contributed by atoms with Crippen molar-refractivity contribution in [2.45, 2.75) is 39.7 Å². The summed E-state index contributed by atoms with van der Waals surface area (Å²) in [5.41, 5.74) is 0.243. The summed E-state index contributed by atoms with van der Waals surface area (Å²) in [5.74, 6) is 0.747. The Labute approximate surface area is 121 Å². The van der Waals surface area contributed by atoms with Crippen molar-refractivity contribution in [2.75, 3.05) is 13.2 Å². The smallest absolute Gasteiger partial charge is 0.223 e. The highest BCUT2D eigenvalue weighted by atomic mass is 16.5. The number of benzene rings is 1. The minimum atomic E-state index is -0.882. The molecule has 1 amide bonds. The molecule has 20 heavy (non-hydrogen) atoms. The molecule has 0 spiro atoms. The number of rotatable bonds is 7. The van der Waals surface area contributed by atoms with Gasteiger partial charge in [0.05, 0.1) is 18.6 Å². The molecule has 0 aliphatic heterocycles. The standard InChI is InChI=1S/C16H25NO3/c1-12(2)16(4,19)11-17-15(18)8-9-20-14-7-5-6-13(3)10-14/h5-7,10,12,19H,8-9,11H2,1-4H3,(H,17,18). The second kappa shape index (κ2) is 7.29. The molecule has 1 atom stereocenters. The van der Waals surface area contributed by atoms with Crippen LogP contribution in [0.15, 0.2) is 24.3 Å². The van der Waals surface area contributed by atoms with E-state index in [0.29, 0.717) is 6.61 Å². The molecule has 0 bridgehead atoms. The fourth-order valence-electron chi connectivity index (χ4n) is 1.54. The van der Waals surface area contributed by atoms with E-state index in [2.05, 4.69) is 5.32 Å². The maximum Gasteiger partial charge on any atom is 0.223 e. The zero-order chi connectivity index (χ0) is 15.2. The summed E-state index contributed by atoms with van der Waals surface area (Å²) >= 11 is 0. The zero-order valence-corrected chi connectivity index (χ0v) is 12.8. The summed E-state index contributed by atoms with van der Waals surface area (Å²) in [6.45, 7) is 8.15. The highest BCUT2D eigenvalue weighted by Gasteiger charge is 2.25. The Bertz CT molecular complexity index is 441. The molecular weight excluding hydrogens is 254 g/mol. The molecule has 0 aliphatic carbocycles. The summed E-state index contributed by atoms with van der Waals surface area (Å²) in [4.78, 5) is 11.7. The average molecular weight is 279 g/mol. The first-order valence-electron chi connectivity index (χ1n) is 7.00. The van der Waals surface area contributed by atoms with E-state index in [1.165, 1.54) is 0 Å². The summed E-state index contributed by atoms with van der Waals surface area (Å²) < 4.78 is 5.51. The first kappa shape index (κ1) is 16.5. The molecule has 4 nitrogen and oxygen atoms in total. The highest BCUT2D eigenvalue weighted by molar-refractivity contribution is 5.76. The number of nitrogens with one attached hydrogen (secondary N) is 1. The lowest BCUT2D eigenvalue weighted by Crippen LogP contribution is -2.44. The van der Waals surface area contributed by atoms with Crippen LogP contribution in [-0.4, -0.2) is 29.8 Å². The van der Waals surface area contributed by atoms with Crippen LogP contribution in [0.3, 0.4) is 0 Å². The SMILES string of the molecule is Cc1cccc(OCCC(=O)NCC(C)(O)C(C)C)c1. The fourth-order valence-corrected chi connectivity index (χ4v) is 1.54. The number of aliphatic hydroxyl groups is 1. The van der Waals surface area contributed by atoms with Crippen molar-refractivity contribution in [1.29, 1.82) is 0 Å². The van der Waals surface area contributed by atoms with Gasteiger partial charge in [-0.25, -0.2) is 0 Å². The van der Waals surface area contributed by atoms with Crippen LogP contribution < -0.4 is 10.1 Å². The van der Waals surface area contributed by atoms with E-state index < -0.39 is 5.60 Å². The largest absolute Gasteiger partial charge is 0.493 e. The van der Waals surface area contributed by atoms with Gasteiger partial charge in [0.25, 0.3) is 0 Å². The van der Waals surface area contributed by atoms with Crippen LogP contribution in [0.1, 0.15) is 32.8 Å². The predicted molar refractivity (Wildman–Crippen MR) is 79.8 cm³/mol. The first-order chi connectivity index (χ1) is 9.31. The summed E-state index contributed by atoms with van der Waals surface area (Å²) in [5, 5.41) is 12.8. The van der Waals surface area contributed by atoms with Gasteiger partial charge in [-0.1, -0.05) is 26.0 Å². The van der Waals surface area contributed by atoms with E-state index in [0.717, 1.165) is 11.3 Å². The number of aryl methyl sites for hydroxylation is 1. The van der Waals surface area contributed by atoms with Gasteiger partial charge in [0.1, 0.15) is 5.75 Å². The van der Waals surface area contributed by atoms with Gasteiger partial charge in [-0.2, -0.15) is 0 Å². The Balaban J connectivity index is 2.27. The third kappa shape index (κ3) is 5.61. The van der Waals surface area contributed by atoms with Gasteiger partial charge < -0.3 is 15.2 Å². The topological polar surface area (TPSA) is 58.6 Å². The molecule has 112 valence electrons. The van der Waals surface area contributed by atoms with E-state index in [4.69, 9.17) is 4.74 Å². The van der Waals surface area contributed by atoms with E-state index in [9.17, 15) is 9.90 Å². The fraction of sp³-hybridized carbons (Fsp3) is 0.562. The van der Waals surface area contributed by atoms with Crippen LogP contribution in [0.25, 0.3) is 0 Å². The molecule has 0 aliphatic rings. The number of carbonyl (C=O) groups is 1. The predicted octanol–water partition coefficient (Wildman–Crippen LogP) is 2.29. The summed E-state index contributed by atoms with van der Waals surface area (Å²) in [6.07, 6.45) is 0.280. The molecule has 2 N–H and O–H groups in total. The molecule has 1 rings (SSSR count). The van der Waals surface area contributed by atoms with Gasteiger partial charge in [-0.05, 0) is 37.5 Å². The van der Waals surface area contributed by atoms with Gasteiger partial charge in [0.2, 0.25) is 5.91 Å². The Morgan fingerprint density at radius 3 is 2.75 bits per heavy atom. The molecule has 0 radical (unpaired) electrons. The number of carbonyl (C=O) groups excluding carboxylic acids is 1. The quantitative estimate of drug-likeness (QED) is 0.805. The molecule has 0 saturated carbocycles. The lowest BCUT2D eigenvalue weighted by Gasteiger charge is -2.27. The van der Waals surface area contributed by atoms with Crippen molar-refractivity contribution in [3.8, 4) is 5.75 Å². The van der Waals surface area contributed by atoms with Crippen LogP contribution in [0.5, 0.6) is 5.75 Å². The van der Waals surface area contributed by atoms with Crippen LogP contribution in [0.2, 0.25) is 0 Å². The van der Waals surface area contributed by atoms with Crippen molar-refractivity contribution >= 4 is 5.91 Å². The summed E-state index contributed by atoms with van der Waals surface area (Å²) in [6, 6.07) is 7.72. The molecular formula is C16H25NO3. The van der Waals surface area contributed by atoms with Crippen molar-refractivity contribution in [3.05, 3.63) is 29.8 Å². The molecule has 4 heteroatoms. The second-order valence-corrected chi connectivity index (χ2v) is 5.70. The van der Waals surface area contributed by atoms with E-state index in [1.807, 2.05) is 45.0 Å². The Morgan fingerprint density at radius 1 is 1.45 bits per heavy atom. The van der Waals surface area contributed by atoms with Crippen LogP contribution in [0.4, 0.5) is 0 Å². The van der Waals surface area contributed by atoms with Crippen molar-refractivity contribution in [2.24, 2.45) is 5.92 Å². The molecule has 0 fully saturated rings. The Hall–Kier alpha value is -1.55. The number of amides is 1. The molecule has 0 aromatic heterocycles. The van der Waals surface area contributed by atoms with Crippen LogP contribution >= 0.6 is 0 Å². The van der Waals surface area contributed by atoms with Crippen LogP contribution in [-0.2, 0) is 4.79 Å². The van der Waals surface area contributed by atoms with Crippen LogP contribution in [0, 0.1) is 12.8 Å². The maximum absolute atomic E-state index is 11.7. The van der Waals surface area contributed by atoms with Gasteiger partial charge in [-0.15, -0.1) is 0 Å². The molecule has 0 heterocycles. The number of hydrogen-bond acceptors (Lipinski definition) is 3. The highest BCUT2D eigenvalue weighted by Crippen LogP contribution is 2.14. The molecule has 1 unspecified atom stereocenters. The monoisotopic (exact) mass is 279 g/mol. The minimum Gasteiger partial charge on any atom is -0.493 e. The third-order valence-electron chi connectivity index (χ3n) is 3.47. The maximum atomic E-state index is 11.7. The van der Waals surface area contributed by atoms with Gasteiger partial charge >= 0.3 is 0 Å². The first-order valence-corrected chi connectivity index (χ1v) is 7.00. The van der Waals surface area contributed by atoms with E-state index in [-0.39, 0.29) is 24.8 Å². The molecule has 1 aromatic carbocycles. The third-order valence-corrected chi connectivity index (χ3v) is 3.47. The van der Waals surface area contributed by atoms with E-state index >= 15 is 0 Å². The van der Waals surface area contributed by atoms with Crippen molar-refractivity contribution < 1.29 is 14.6 Å². The second-order valence-electron chi connectivity index (χ2n) is 5.70. The van der Waals surface area contributed by atoms with Crippen molar-refractivity contribution in [1.82, 2.24) is 5.32 Å². The average Bonchev–Trinajstić information content (AvgIpc) is 2.36. The number of hydrogen-bond donors (Lipinski definition) is 2. The molecule has 0 saturated heterocycles. The Morgan fingerprint density at radius 2 is 2.15 bits per heavy atom. The zero-order valence-electron chi connectivity index (χ0n) is 12.8. The minimum absolute atomic E-state index is 0.0892. The molecule has 1 aromatic rings.